The van der Waals surface area contributed by atoms with Crippen LogP contribution in [0.15, 0.2) is 29.2 Å². The minimum Gasteiger partial charge on any atom is -0.444 e. The number of alkyl carbamates (subject to hydrolysis) is 1. The Morgan fingerprint density at radius 1 is 1.08 bits per heavy atom. The van der Waals surface area contributed by atoms with E-state index < -0.39 is 33.7 Å². The normalized spacial score (nSPS) is 12.8. The van der Waals surface area contributed by atoms with Gasteiger partial charge in [-0.15, -0.1) is 0 Å². The van der Waals surface area contributed by atoms with Gasteiger partial charge in [-0.3, -0.25) is 9.59 Å². The predicted molar refractivity (Wildman–Crippen MR) is 90.6 cm³/mol. The maximum atomic E-state index is 12.2. The van der Waals surface area contributed by atoms with Crippen LogP contribution in [0.1, 0.15) is 45.0 Å². The van der Waals surface area contributed by atoms with Crippen LogP contribution in [-0.4, -0.2) is 37.8 Å². The molecule has 1 aromatic rings. The van der Waals surface area contributed by atoms with E-state index >= 15 is 0 Å². The Kier molecular flexibility index (Phi) is 6.31. The monoisotopic (exact) mass is 370 g/mol. The number of carbonyl (C=O) groups is 3. The third-order valence-electron chi connectivity index (χ3n) is 2.93. The number of nitrogens with one attached hydrogen (secondary N) is 2. The van der Waals surface area contributed by atoms with Gasteiger partial charge in [0.25, 0.3) is 15.9 Å². The van der Waals surface area contributed by atoms with Crippen LogP contribution in [0.4, 0.5) is 4.79 Å². The predicted octanol–water partition coefficient (Wildman–Crippen LogP) is 1.61. The molecule has 2 amide bonds. The number of amides is 2. The van der Waals surface area contributed by atoms with E-state index in [0.29, 0.717) is 5.56 Å². The van der Waals surface area contributed by atoms with Gasteiger partial charge in [-0.1, -0.05) is 12.1 Å². The second-order valence-corrected chi connectivity index (χ2v) is 8.10. The van der Waals surface area contributed by atoms with Crippen LogP contribution in [0.2, 0.25) is 0 Å². The van der Waals surface area contributed by atoms with Gasteiger partial charge < -0.3 is 10.1 Å². The molecule has 1 atom stereocenters. The summed E-state index contributed by atoms with van der Waals surface area (Å²) in [5.74, 6) is -1.12. The lowest BCUT2D eigenvalue weighted by Crippen LogP contribution is -2.47. The number of hydrogen-bond donors (Lipinski definition) is 2. The summed E-state index contributed by atoms with van der Waals surface area (Å²) >= 11 is 0. The molecule has 0 saturated heterocycles. The van der Waals surface area contributed by atoms with Crippen molar-refractivity contribution in [3.63, 3.8) is 0 Å². The molecule has 0 aliphatic carbocycles. The summed E-state index contributed by atoms with van der Waals surface area (Å²) in [4.78, 5) is 34.6. The molecule has 0 aliphatic rings. The summed E-state index contributed by atoms with van der Waals surface area (Å²) in [7, 11) is -4.12. The van der Waals surface area contributed by atoms with Crippen molar-refractivity contribution < 1.29 is 27.5 Å². The second-order valence-electron chi connectivity index (χ2n) is 6.42. The fourth-order valence-electron chi connectivity index (χ4n) is 1.70. The Hall–Kier alpha value is -2.42. The van der Waals surface area contributed by atoms with Crippen LogP contribution in [0.5, 0.6) is 0 Å². The van der Waals surface area contributed by atoms with Crippen molar-refractivity contribution in [3.05, 3.63) is 29.8 Å². The van der Waals surface area contributed by atoms with Crippen LogP contribution >= 0.6 is 0 Å². The fourth-order valence-corrected chi connectivity index (χ4v) is 2.75. The third-order valence-corrected chi connectivity index (χ3v) is 4.30. The first-order valence-electron chi connectivity index (χ1n) is 7.49. The zero-order chi connectivity index (χ0) is 19.4. The van der Waals surface area contributed by atoms with E-state index in [1.807, 2.05) is 4.72 Å². The first-order chi connectivity index (χ1) is 11.3. The molecule has 9 heteroatoms. The zero-order valence-corrected chi connectivity index (χ0v) is 15.6. The van der Waals surface area contributed by atoms with Gasteiger partial charge in [-0.2, -0.15) is 0 Å². The summed E-state index contributed by atoms with van der Waals surface area (Å²) in [6.07, 6.45) is -0.835. The molecule has 138 valence electrons. The number of benzene rings is 1. The molecular weight excluding hydrogens is 348 g/mol. The quantitative estimate of drug-likeness (QED) is 0.760. The Balaban J connectivity index is 2.77. The van der Waals surface area contributed by atoms with Crippen molar-refractivity contribution in [1.82, 2.24) is 10.0 Å². The zero-order valence-electron chi connectivity index (χ0n) is 14.7. The van der Waals surface area contributed by atoms with Gasteiger partial charge in [-0.25, -0.2) is 17.9 Å². The molecule has 1 aromatic carbocycles. The Morgan fingerprint density at radius 2 is 1.60 bits per heavy atom. The molecule has 1 rings (SSSR count). The number of Topliss-reactive ketones (excluding diaryl/α,β-unsaturated/α-hetero) is 1. The molecule has 0 aromatic heterocycles. The number of rotatable bonds is 5. The molecule has 0 aliphatic heterocycles. The van der Waals surface area contributed by atoms with Gasteiger partial charge in [-0.05, 0) is 46.8 Å². The lowest BCUT2D eigenvalue weighted by Gasteiger charge is -2.21. The van der Waals surface area contributed by atoms with Crippen molar-refractivity contribution in [2.75, 3.05) is 0 Å². The van der Waals surface area contributed by atoms with Gasteiger partial charge in [0.2, 0.25) is 0 Å². The van der Waals surface area contributed by atoms with Crippen molar-refractivity contribution in [2.45, 2.75) is 51.2 Å². The smallest absolute Gasteiger partial charge is 0.408 e. The van der Waals surface area contributed by atoms with Crippen LogP contribution in [0.3, 0.4) is 0 Å². The van der Waals surface area contributed by atoms with E-state index in [2.05, 4.69) is 5.32 Å². The standard InChI is InChI=1S/C16H22N2O6S/c1-10(17-15(21)24-16(3,4)5)14(20)18-25(22,23)13-8-6-12(7-9-13)11(2)19/h6-10H,1-5H3,(H,17,21)(H,18,20)/t10-/m1/s1. The van der Waals surface area contributed by atoms with Crippen molar-refractivity contribution >= 4 is 27.8 Å². The first kappa shape index (κ1) is 20.6. The van der Waals surface area contributed by atoms with Gasteiger partial charge in [0.1, 0.15) is 11.6 Å². The van der Waals surface area contributed by atoms with E-state index in [9.17, 15) is 22.8 Å². The SMILES string of the molecule is CC(=O)c1ccc(S(=O)(=O)NC(=O)[C@@H](C)NC(=O)OC(C)(C)C)cc1. The molecule has 25 heavy (non-hydrogen) atoms. The highest BCUT2D eigenvalue weighted by molar-refractivity contribution is 7.90. The molecule has 8 nitrogen and oxygen atoms in total. The van der Waals surface area contributed by atoms with Crippen LogP contribution in [0.25, 0.3) is 0 Å². The average Bonchev–Trinajstić information content (AvgIpc) is 2.44. The van der Waals surface area contributed by atoms with Crippen molar-refractivity contribution in [2.24, 2.45) is 0 Å². The van der Waals surface area contributed by atoms with E-state index in [4.69, 9.17) is 4.74 Å². The molecule has 0 unspecified atom stereocenters. The topological polar surface area (TPSA) is 119 Å². The summed E-state index contributed by atoms with van der Waals surface area (Å²) < 4.78 is 31.2. The lowest BCUT2D eigenvalue weighted by molar-refractivity contribution is -0.121. The Morgan fingerprint density at radius 3 is 2.04 bits per heavy atom. The van der Waals surface area contributed by atoms with Crippen molar-refractivity contribution in [1.29, 1.82) is 0 Å². The highest BCUT2D eigenvalue weighted by Crippen LogP contribution is 2.11. The fraction of sp³-hybridized carbons (Fsp3) is 0.438. The van der Waals surface area contributed by atoms with Gasteiger partial charge >= 0.3 is 6.09 Å². The molecule has 0 heterocycles. The average molecular weight is 370 g/mol. The molecule has 0 saturated carbocycles. The first-order valence-corrected chi connectivity index (χ1v) is 8.97. The van der Waals surface area contributed by atoms with Gasteiger partial charge in [0, 0.05) is 5.56 Å². The summed E-state index contributed by atoms with van der Waals surface area (Å²) in [6.45, 7) is 7.66. The number of carbonyl (C=O) groups excluding carboxylic acids is 3. The van der Waals surface area contributed by atoms with E-state index in [-0.39, 0.29) is 10.7 Å². The summed E-state index contributed by atoms with van der Waals surface area (Å²) in [5.41, 5.74) is -0.393. The Labute approximate surface area is 147 Å². The van der Waals surface area contributed by atoms with Gasteiger partial charge in [0.05, 0.1) is 4.90 Å². The van der Waals surface area contributed by atoms with Crippen LogP contribution in [0, 0.1) is 0 Å². The summed E-state index contributed by atoms with van der Waals surface area (Å²) in [6, 6.07) is 4.02. The number of ketones is 1. The maximum absolute atomic E-state index is 12.2. The lowest BCUT2D eigenvalue weighted by atomic mass is 10.2. The molecule has 0 bridgehead atoms. The van der Waals surface area contributed by atoms with E-state index in [1.165, 1.54) is 38.1 Å². The van der Waals surface area contributed by atoms with Crippen LogP contribution in [-0.2, 0) is 19.6 Å². The number of sulfonamides is 1. The van der Waals surface area contributed by atoms with Crippen LogP contribution < -0.4 is 10.0 Å². The van der Waals surface area contributed by atoms with E-state index in [0.717, 1.165) is 0 Å². The number of ether oxygens (including phenoxy) is 1. The molecule has 0 fully saturated rings. The molecule has 0 spiro atoms. The summed E-state index contributed by atoms with van der Waals surface area (Å²) in [5, 5.41) is 2.25. The minimum absolute atomic E-state index is 0.171. The number of hydrogen-bond acceptors (Lipinski definition) is 6. The van der Waals surface area contributed by atoms with Gasteiger partial charge in [0.15, 0.2) is 5.78 Å². The van der Waals surface area contributed by atoms with Crippen molar-refractivity contribution in [3.8, 4) is 0 Å². The third kappa shape index (κ3) is 6.54. The Bertz CT molecular complexity index is 763. The largest absolute Gasteiger partial charge is 0.444 e. The highest BCUT2D eigenvalue weighted by atomic mass is 32.2. The van der Waals surface area contributed by atoms with E-state index in [1.54, 1.807) is 20.8 Å². The second kappa shape index (κ2) is 7.64. The minimum atomic E-state index is -4.12. The molecule has 2 N–H and O–H groups in total. The molecule has 0 radical (unpaired) electrons. The highest BCUT2D eigenvalue weighted by Gasteiger charge is 2.25. The molecular formula is C16H22N2O6S. The maximum Gasteiger partial charge on any atom is 0.408 e.